The van der Waals surface area contributed by atoms with Gasteiger partial charge in [-0.15, -0.1) is 11.3 Å². The third-order valence-electron chi connectivity index (χ3n) is 4.28. The summed E-state index contributed by atoms with van der Waals surface area (Å²) < 4.78 is 0. The molecule has 5 nitrogen and oxygen atoms in total. The molecule has 0 aliphatic carbocycles. The number of piperidine rings is 1. The van der Waals surface area contributed by atoms with E-state index in [1.165, 1.54) is 6.92 Å². The molecule has 1 aliphatic rings. The number of nitrogens with one attached hydrogen (secondary N) is 1. The second-order valence-electron chi connectivity index (χ2n) is 6.00. The topological polar surface area (TPSA) is 62.3 Å². The van der Waals surface area contributed by atoms with Crippen LogP contribution in [0.15, 0.2) is 35.8 Å². The minimum atomic E-state index is -0.0906. The monoisotopic (exact) mass is 343 g/mol. The van der Waals surface area contributed by atoms with E-state index >= 15 is 0 Å². The van der Waals surface area contributed by atoms with Crippen molar-refractivity contribution < 1.29 is 9.59 Å². The molecule has 1 saturated heterocycles. The highest BCUT2D eigenvalue weighted by Gasteiger charge is 2.27. The van der Waals surface area contributed by atoms with E-state index < -0.39 is 0 Å². The van der Waals surface area contributed by atoms with Crippen LogP contribution in [-0.2, 0) is 4.79 Å². The number of carbonyl (C=O) groups is 2. The van der Waals surface area contributed by atoms with E-state index in [9.17, 15) is 9.59 Å². The van der Waals surface area contributed by atoms with Gasteiger partial charge >= 0.3 is 0 Å². The number of likely N-dealkylation sites (tertiary alicyclic amines) is 1. The zero-order valence-electron chi connectivity index (χ0n) is 13.7. The van der Waals surface area contributed by atoms with Crippen molar-refractivity contribution in [3.63, 3.8) is 0 Å². The number of benzene rings is 1. The molecule has 24 heavy (non-hydrogen) atoms. The van der Waals surface area contributed by atoms with Crippen LogP contribution in [0, 0.1) is 0 Å². The van der Waals surface area contributed by atoms with Crippen molar-refractivity contribution in [1.29, 1.82) is 0 Å². The van der Waals surface area contributed by atoms with Gasteiger partial charge in [-0.25, -0.2) is 4.98 Å². The summed E-state index contributed by atoms with van der Waals surface area (Å²) >= 11 is 1.64. The largest absolute Gasteiger partial charge is 0.324 e. The summed E-state index contributed by atoms with van der Waals surface area (Å²) in [5.41, 5.74) is 1.12. The molecule has 0 spiro atoms. The predicted molar refractivity (Wildman–Crippen MR) is 95.4 cm³/mol. The van der Waals surface area contributed by atoms with Gasteiger partial charge in [-0.2, -0.15) is 0 Å². The molecule has 0 radical (unpaired) electrons. The smallest absolute Gasteiger partial charge is 0.238 e. The number of rotatable bonds is 5. The number of thiazole rings is 1. The molecule has 1 amide bonds. The molecule has 1 aliphatic heterocycles. The zero-order chi connectivity index (χ0) is 16.9. The molecule has 0 unspecified atom stereocenters. The third-order valence-corrected chi connectivity index (χ3v) is 5.15. The van der Waals surface area contributed by atoms with Crippen LogP contribution >= 0.6 is 11.3 Å². The molecule has 1 aromatic carbocycles. The van der Waals surface area contributed by atoms with E-state index in [2.05, 4.69) is 15.2 Å². The molecular formula is C18H21N3O2S. The Bertz CT molecular complexity index is 715. The highest BCUT2D eigenvalue weighted by atomic mass is 32.1. The Morgan fingerprint density at radius 2 is 2.17 bits per heavy atom. The summed E-state index contributed by atoms with van der Waals surface area (Å²) in [5.74, 6) is -0.142. The number of ketones is 1. The van der Waals surface area contributed by atoms with Crippen molar-refractivity contribution in [1.82, 2.24) is 9.88 Å². The maximum absolute atomic E-state index is 12.5. The van der Waals surface area contributed by atoms with Gasteiger partial charge in [-0.1, -0.05) is 18.6 Å². The van der Waals surface area contributed by atoms with E-state index in [0.717, 1.165) is 30.8 Å². The number of Topliss-reactive ketones (excluding diaryl/α,β-unsaturated/α-hetero) is 1. The number of para-hydroxylation sites is 1. The second kappa shape index (κ2) is 7.68. The predicted octanol–water partition coefficient (Wildman–Crippen LogP) is 3.51. The molecule has 126 valence electrons. The zero-order valence-corrected chi connectivity index (χ0v) is 14.5. The summed E-state index contributed by atoms with van der Waals surface area (Å²) in [6.07, 6.45) is 5.11. The lowest BCUT2D eigenvalue weighted by Crippen LogP contribution is -2.39. The van der Waals surface area contributed by atoms with Crippen molar-refractivity contribution in [2.24, 2.45) is 0 Å². The van der Waals surface area contributed by atoms with Gasteiger partial charge in [0.25, 0.3) is 0 Å². The summed E-state index contributed by atoms with van der Waals surface area (Å²) in [5, 5.41) is 5.94. The average molecular weight is 343 g/mol. The fourth-order valence-electron chi connectivity index (χ4n) is 3.13. The van der Waals surface area contributed by atoms with Crippen LogP contribution in [0.25, 0.3) is 0 Å². The number of nitrogens with zero attached hydrogens (tertiary/aromatic N) is 2. The number of hydrogen-bond donors (Lipinski definition) is 1. The van der Waals surface area contributed by atoms with Gasteiger partial charge in [0.05, 0.1) is 18.3 Å². The van der Waals surface area contributed by atoms with Gasteiger partial charge < -0.3 is 5.32 Å². The Morgan fingerprint density at radius 1 is 1.33 bits per heavy atom. The highest BCUT2D eigenvalue weighted by Crippen LogP contribution is 2.31. The summed E-state index contributed by atoms with van der Waals surface area (Å²) in [7, 11) is 0. The van der Waals surface area contributed by atoms with E-state index in [0.29, 0.717) is 17.8 Å². The summed E-state index contributed by atoms with van der Waals surface area (Å²) in [6, 6.07) is 7.34. The number of aromatic nitrogens is 1. The Morgan fingerprint density at radius 3 is 2.92 bits per heavy atom. The molecule has 0 bridgehead atoms. The molecule has 0 saturated carbocycles. The quantitative estimate of drug-likeness (QED) is 0.844. The number of amides is 1. The maximum Gasteiger partial charge on any atom is 0.238 e. The van der Waals surface area contributed by atoms with Crippen LogP contribution in [-0.4, -0.2) is 34.7 Å². The van der Waals surface area contributed by atoms with Crippen LogP contribution in [0.1, 0.15) is 47.6 Å². The van der Waals surface area contributed by atoms with Crippen molar-refractivity contribution in [2.45, 2.75) is 32.2 Å². The maximum atomic E-state index is 12.5. The van der Waals surface area contributed by atoms with Crippen molar-refractivity contribution >= 4 is 28.7 Å². The highest BCUT2D eigenvalue weighted by molar-refractivity contribution is 7.09. The van der Waals surface area contributed by atoms with Crippen molar-refractivity contribution in [2.75, 3.05) is 18.4 Å². The van der Waals surface area contributed by atoms with Crippen LogP contribution in [0.4, 0.5) is 5.69 Å². The van der Waals surface area contributed by atoms with Gasteiger partial charge in [0.1, 0.15) is 5.01 Å². The lowest BCUT2D eigenvalue weighted by atomic mass is 10.0. The van der Waals surface area contributed by atoms with Gasteiger partial charge in [-0.05, 0) is 38.4 Å². The Balaban J connectivity index is 1.69. The normalized spacial score (nSPS) is 18.3. The molecular weight excluding hydrogens is 322 g/mol. The lowest BCUT2D eigenvalue weighted by Gasteiger charge is -2.33. The first-order valence-corrected chi connectivity index (χ1v) is 9.06. The van der Waals surface area contributed by atoms with Crippen LogP contribution < -0.4 is 5.32 Å². The summed E-state index contributed by atoms with van der Waals surface area (Å²) in [4.78, 5) is 30.8. The molecule has 1 atom stereocenters. The standard InChI is InChI=1S/C18H21N3O2S/c1-13(22)14-6-2-3-7-15(14)20-17(23)12-21-10-5-4-8-16(21)18-19-9-11-24-18/h2-3,6-7,9,11,16H,4-5,8,10,12H2,1H3,(H,20,23)/t16-/m0/s1. The van der Waals surface area contributed by atoms with Gasteiger partial charge in [-0.3, -0.25) is 14.5 Å². The average Bonchev–Trinajstić information content (AvgIpc) is 3.10. The van der Waals surface area contributed by atoms with Crippen LogP contribution in [0.3, 0.4) is 0 Å². The molecule has 6 heteroatoms. The Hall–Kier alpha value is -2.05. The first-order chi connectivity index (χ1) is 11.6. The van der Waals surface area contributed by atoms with E-state index in [1.807, 2.05) is 17.6 Å². The molecule has 2 aromatic rings. The molecule has 1 N–H and O–H groups in total. The van der Waals surface area contributed by atoms with Crippen LogP contribution in [0.5, 0.6) is 0 Å². The van der Waals surface area contributed by atoms with Gasteiger partial charge in [0.2, 0.25) is 5.91 Å². The molecule has 1 aromatic heterocycles. The van der Waals surface area contributed by atoms with Crippen molar-refractivity contribution in [3.05, 3.63) is 46.4 Å². The fraction of sp³-hybridized carbons (Fsp3) is 0.389. The van der Waals surface area contributed by atoms with E-state index in [-0.39, 0.29) is 17.7 Å². The number of hydrogen-bond acceptors (Lipinski definition) is 5. The SMILES string of the molecule is CC(=O)c1ccccc1NC(=O)CN1CCCC[C@H]1c1nccs1. The van der Waals surface area contributed by atoms with E-state index in [4.69, 9.17) is 0 Å². The van der Waals surface area contributed by atoms with Crippen molar-refractivity contribution in [3.8, 4) is 0 Å². The molecule has 2 heterocycles. The van der Waals surface area contributed by atoms with E-state index in [1.54, 1.807) is 29.5 Å². The minimum absolute atomic E-state index is 0.0514. The third kappa shape index (κ3) is 3.88. The van der Waals surface area contributed by atoms with Gasteiger partial charge in [0, 0.05) is 17.1 Å². The molecule has 3 rings (SSSR count). The fourth-order valence-corrected chi connectivity index (χ4v) is 3.94. The lowest BCUT2D eigenvalue weighted by molar-refractivity contribution is -0.118. The van der Waals surface area contributed by atoms with Gasteiger partial charge in [0.15, 0.2) is 5.78 Å². The second-order valence-corrected chi connectivity index (χ2v) is 6.93. The number of carbonyl (C=O) groups excluding carboxylic acids is 2. The number of anilines is 1. The summed E-state index contributed by atoms with van der Waals surface area (Å²) in [6.45, 7) is 2.72. The first-order valence-electron chi connectivity index (χ1n) is 8.18. The Labute approximate surface area is 145 Å². The molecule has 1 fully saturated rings. The Kier molecular flexibility index (Phi) is 5.37. The first kappa shape index (κ1) is 16.8. The minimum Gasteiger partial charge on any atom is -0.324 e. The van der Waals surface area contributed by atoms with Crippen LogP contribution in [0.2, 0.25) is 0 Å².